The Morgan fingerprint density at radius 2 is 1.69 bits per heavy atom. The number of hydrogen-bond acceptors (Lipinski definition) is 0. The van der Waals surface area contributed by atoms with Crippen LogP contribution in [0.2, 0.25) is 0 Å². The molecule has 0 heterocycles. The summed E-state index contributed by atoms with van der Waals surface area (Å²) in [6, 6.07) is 0. The number of allylic oxidation sites excluding steroid dienone is 8. The van der Waals surface area contributed by atoms with Crippen LogP contribution in [0.15, 0.2) is 42.5 Å². The summed E-state index contributed by atoms with van der Waals surface area (Å²) in [6.45, 7) is 0. The molecular formula is C13H17. The van der Waals surface area contributed by atoms with E-state index in [9.17, 15) is 0 Å². The van der Waals surface area contributed by atoms with E-state index >= 15 is 0 Å². The quantitative estimate of drug-likeness (QED) is 0.520. The second kappa shape index (κ2) is 7.60. The molecule has 1 aliphatic carbocycles. The first-order chi connectivity index (χ1) is 6.50. The molecule has 0 nitrogen and oxygen atoms in total. The lowest BCUT2D eigenvalue weighted by Gasteiger charge is -1.91. The summed E-state index contributed by atoms with van der Waals surface area (Å²) in [6.07, 6.45) is 24.0. The molecule has 0 unspecified atom stereocenters. The molecule has 1 radical (unpaired) electrons. The van der Waals surface area contributed by atoms with E-state index in [4.69, 9.17) is 0 Å². The van der Waals surface area contributed by atoms with Gasteiger partial charge >= 0.3 is 0 Å². The highest BCUT2D eigenvalue weighted by Gasteiger charge is 1.83. The lowest BCUT2D eigenvalue weighted by Crippen LogP contribution is -1.71. The summed E-state index contributed by atoms with van der Waals surface area (Å²) >= 11 is 0. The fraction of sp³-hybridized carbons (Fsp3) is 0.385. The van der Waals surface area contributed by atoms with Crippen molar-refractivity contribution in [1.29, 1.82) is 0 Å². The topological polar surface area (TPSA) is 0 Å². The van der Waals surface area contributed by atoms with Gasteiger partial charge < -0.3 is 0 Å². The second-order valence-corrected chi connectivity index (χ2v) is 3.15. The van der Waals surface area contributed by atoms with Crippen LogP contribution in [-0.4, -0.2) is 0 Å². The molecule has 0 amide bonds. The lowest BCUT2D eigenvalue weighted by molar-refractivity contribution is 0.761. The van der Waals surface area contributed by atoms with Gasteiger partial charge in [0, 0.05) is 0 Å². The molecule has 1 aliphatic rings. The van der Waals surface area contributed by atoms with Crippen molar-refractivity contribution in [2.24, 2.45) is 0 Å². The molecule has 0 atom stereocenters. The van der Waals surface area contributed by atoms with Gasteiger partial charge in [-0.25, -0.2) is 0 Å². The van der Waals surface area contributed by atoms with E-state index in [2.05, 4.69) is 42.5 Å². The molecule has 13 heavy (non-hydrogen) atoms. The van der Waals surface area contributed by atoms with Crippen molar-refractivity contribution < 1.29 is 0 Å². The van der Waals surface area contributed by atoms with Gasteiger partial charge in [-0.15, -0.1) is 0 Å². The smallest absolute Gasteiger partial charge is 0.0163 e. The Labute approximate surface area is 81.4 Å². The van der Waals surface area contributed by atoms with Crippen LogP contribution in [0.25, 0.3) is 0 Å². The predicted molar refractivity (Wildman–Crippen MR) is 58.3 cm³/mol. The molecule has 0 aliphatic heterocycles. The maximum atomic E-state index is 3.16. The molecule has 0 aromatic rings. The lowest BCUT2D eigenvalue weighted by atomic mass is 10.2. The zero-order valence-electron chi connectivity index (χ0n) is 8.08. The van der Waals surface area contributed by atoms with Gasteiger partial charge in [-0.1, -0.05) is 42.5 Å². The SMILES string of the molecule is [C]1=C/CCCC/C=C/C=C\C/C=C/1. The second-order valence-electron chi connectivity index (χ2n) is 3.15. The van der Waals surface area contributed by atoms with Crippen molar-refractivity contribution in [2.75, 3.05) is 0 Å². The van der Waals surface area contributed by atoms with Gasteiger partial charge in [0.05, 0.1) is 0 Å². The average Bonchev–Trinajstić information content (AvgIpc) is 2.18. The van der Waals surface area contributed by atoms with E-state index in [-0.39, 0.29) is 0 Å². The molecule has 0 saturated heterocycles. The highest BCUT2D eigenvalue weighted by molar-refractivity contribution is 5.06. The minimum atomic E-state index is 1.01. The Bertz CT molecular complexity index is 192. The van der Waals surface area contributed by atoms with Crippen molar-refractivity contribution in [3.05, 3.63) is 48.6 Å². The van der Waals surface area contributed by atoms with Gasteiger partial charge in [0.1, 0.15) is 0 Å². The summed E-state index contributed by atoms with van der Waals surface area (Å²) in [5.74, 6) is 0. The molecule has 0 saturated carbocycles. The Morgan fingerprint density at radius 3 is 2.69 bits per heavy atom. The van der Waals surface area contributed by atoms with E-state index < -0.39 is 0 Å². The maximum absolute atomic E-state index is 3.16. The Hall–Kier alpha value is -1.04. The first-order valence-corrected chi connectivity index (χ1v) is 5.04. The highest BCUT2D eigenvalue weighted by atomic mass is 13.9. The predicted octanol–water partition coefficient (Wildman–Crippen LogP) is 3.98. The van der Waals surface area contributed by atoms with Crippen LogP contribution in [0.3, 0.4) is 0 Å². The van der Waals surface area contributed by atoms with Gasteiger partial charge in [-0.3, -0.25) is 0 Å². The van der Waals surface area contributed by atoms with Crippen molar-refractivity contribution in [2.45, 2.75) is 32.1 Å². The Balaban J connectivity index is 2.38. The van der Waals surface area contributed by atoms with Crippen LogP contribution in [-0.2, 0) is 0 Å². The average molecular weight is 173 g/mol. The molecular weight excluding hydrogens is 156 g/mol. The van der Waals surface area contributed by atoms with Crippen molar-refractivity contribution in [3.63, 3.8) is 0 Å². The van der Waals surface area contributed by atoms with Gasteiger partial charge in [-0.2, -0.15) is 0 Å². The fourth-order valence-corrected chi connectivity index (χ4v) is 1.21. The molecule has 0 aromatic heterocycles. The highest BCUT2D eigenvalue weighted by Crippen LogP contribution is 2.02. The molecule has 0 bridgehead atoms. The summed E-state index contributed by atoms with van der Waals surface area (Å²) in [7, 11) is 0. The molecule has 0 aromatic carbocycles. The molecule has 0 fully saturated rings. The third kappa shape index (κ3) is 6.15. The third-order valence-electron chi connectivity index (χ3n) is 1.96. The van der Waals surface area contributed by atoms with Gasteiger partial charge in [0.15, 0.2) is 0 Å². The summed E-state index contributed by atoms with van der Waals surface area (Å²) in [4.78, 5) is 0. The van der Waals surface area contributed by atoms with E-state index in [1.165, 1.54) is 19.3 Å². The summed E-state index contributed by atoms with van der Waals surface area (Å²) < 4.78 is 0. The summed E-state index contributed by atoms with van der Waals surface area (Å²) in [5, 5.41) is 0. The van der Waals surface area contributed by atoms with E-state index in [0.717, 1.165) is 12.8 Å². The largest absolute Gasteiger partial charge is 0.0845 e. The minimum absolute atomic E-state index is 1.01. The van der Waals surface area contributed by atoms with E-state index in [0.29, 0.717) is 0 Å². The third-order valence-corrected chi connectivity index (χ3v) is 1.96. The van der Waals surface area contributed by atoms with Crippen LogP contribution in [0.5, 0.6) is 0 Å². The zero-order chi connectivity index (χ0) is 9.19. The Morgan fingerprint density at radius 1 is 0.846 bits per heavy atom. The van der Waals surface area contributed by atoms with Crippen LogP contribution in [0.4, 0.5) is 0 Å². The standard InChI is InChI=1S/C13H17/c1-2-4-6-8-10-12-13-11-9-7-5-3-1/h1-4,7,9,13H,5-6,8,10,12H2/b3-1-,4-2+,9-7+,13-11?. The minimum Gasteiger partial charge on any atom is -0.0845 e. The van der Waals surface area contributed by atoms with Crippen molar-refractivity contribution in [1.82, 2.24) is 0 Å². The van der Waals surface area contributed by atoms with Crippen LogP contribution in [0, 0.1) is 6.08 Å². The van der Waals surface area contributed by atoms with Crippen LogP contribution in [0.1, 0.15) is 32.1 Å². The van der Waals surface area contributed by atoms with Gasteiger partial charge in [-0.05, 0) is 38.2 Å². The van der Waals surface area contributed by atoms with Crippen LogP contribution >= 0.6 is 0 Å². The monoisotopic (exact) mass is 173 g/mol. The maximum Gasteiger partial charge on any atom is -0.0163 e. The van der Waals surface area contributed by atoms with E-state index in [1.807, 2.05) is 6.08 Å². The number of rotatable bonds is 0. The molecule has 0 heteroatoms. The fourth-order valence-electron chi connectivity index (χ4n) is 1.21. The number of hydrogen-bond donors (Lipinski definition) is 0. The first kappa shape index (κ1) is 10.0. The molecule has 0 N–H and O–H groups in total. The summed E-state index contributed by atoms with van der Waals surface area (Å²) in [5.41, 5.74) is 0. The normalized spacial score (nSPS) is 28.9. The van der Waals surface area contributed by atoms with Crippen molar-refractivity contribution in [3.8, 4) is 0 Å². The van der Waals surface area contributed by atoms with Crippen molar-refractivity contribution >= 4 is 0 Å². The van der Waals surface area contributed by atoms with E-state index in [1.54, 1.807) is 0 Å². The molecule has 0 spiro atoms. The van der Waals surface area contributed by atoms with Crippen LogP contribution < -0.4 is 0 Å². The Kier molecular flexibility index (Phi) is 5.87. The zero-order valence-corrected chi connectivity index (χ0v) is 8.08. The van der Waals surface area contributed by atoms with Gasteiger partial charge in [0.2, 0.25) is 0 Å². The first-order valence-electron chi connectivity index (χ1n) is 5.04. The van der Waals surface area contributed by atoms with Gasteiger partial charge in [0.25, 0.3) is 0 Å². The molecule has 1 rings (SSSR count). The molecule has 69 valence electrons.